The maximum Gasteiger partial charge on any atom is 0.329 e. The summed E-state index contributed by atoms with van der Waals surface area (Å²) in [6.45, 7) is 2.29. The third-order valence-corrected chi connectivity index (χ3v) is 14.7. The number of hydrogen-bond donors (Lipinski definition) is 2. The summed E-state index contributed by atoms with van der Waals surface area (Å²) in [5.41, 5.74) is 1.31. The predicted octanol–water partition coefficient (Wildman–Crippen LogP) is 4.30. The van der Waals surface area contributed by atoms with Crippen LogP contribution in [0.25, 0.3) is 16.7 Å². The fourth-order valence-corrected chi connectivity index (χ4v) is 11.3. The lowest BCUT2D eigenvalue weighted by Gasteiger charge is -2.51. The summed E-state index contributed by atoms with van der Waals surface area (Å²) in [4.78, 5) is 62.2. The number of likely N-dealkylation sites (tertiary alicyclic amines) is 1. The minimum Gasteiger partial charge on any atom is -0.374 e. The Labute approximate surface area is 363 Å². The number of fused-ring (bicyclic) bond motifs is 4. The lowest BCUT2D eigenvalue weighted by Crippen LogP contribution is -2.60. The van der Waals surface area contributed by atoms with E-state index < -0.39 is 41.8 Å². The lowest BCUT2D eigenvalue weighted by atomic mass is 9.76. The van der Waals surface area contributed by atoms with Gasteiger partial charge in [0.05, 0.1) is 59.9 Å². The van der Waals surface area contributed by atoms with Crippen molar-refractivity contribution in [2.45, 2.75) is 94.0 Å². The Morgan fingerprint density at radius 1 is 1.00 bits per heavy atom. The van der Waals surface area contributed by atoms with Gasteiger partial charge in [-0.3, -0.25) is 38.4 Å². The van der Waals surface area contributed by atoms with Crippen molar-refractivity contribution in [1.29, 1.82) is 0 Å². The van der Waals surface area contributed by atoms with Crippen molar-refractivity contribution in [3.8, 4) is 0 Å². The summed E-state index contributed by atoms with van der Waals surface area (Å²) in [7, 11) is 1.63. The van der Waals surface area contributed by atoms with Gasteiger partial charge in [0.15, 0.2) is 11.3 Å². The van der Waals surface area contributed by atoms with E-state index in [-0.39, 0.29) is 72.4 Å². The quantitative estimate of drug-likeness (QED) is 0.160. The van der Waals surface area contributed by atoms with Gasteiger partial charge in [-0.1, -0.05) is 6.07 Å². The van der Waals surface area contributed by atoms with Gasteiger partial charge in [0.2, 0.25) is 11.8 Å². The Morgan fingerprint density at radius 2 is 1.80 bits per heavy atom. The molecule has 6 aliphatic rings. The number of morpholine rings is 1. The molecule has 0 spiro atoms. The maximum absolute atomic E-state index is 16.1. The Hall–Kier alpha value is -5.83. The fraction of sp³-hybridized carbons (Fsp3) is 0.558. The molecule has 5 aliphatic heterocycles. The number of imidazole rings is 1. The molecular weight excluding hydrogens is 841 g/mol. The Balaban J connectivity index is 0.713. The molecule has 338 valence electrons. The average Bonchev–Trinajstić information content (AvgIpc) is 4.11. The molecule has 9 heterocycles. The van der Waals surface area contributed by atoms with E-state index in [0.29, 0.717) is 87.4 Å². The predicted molar refractivity (Wildman–Crippen MR) is 224 cm³/mol. The maximum atomic E-state index is 16.1. The highest BCUT2D eigenvalue weighted by molar-refractivity contribution is 6.08. The Kier molecular flexibility index (Phi) is 9.85. The highest BCUT2D eigenvalue weighted by atomic mass is 19.3. The van der Waals surface area contributed by atoms with Crippen molar-refractivity contribution in [3.05, 3.63) is 64.6 Å². The fourth-order valence-electron chi connectivity index (χ4n) is 11.3. The highest BCUT2D eigenvalue weighted by Crippen LogP contribution is 2.45. The standard InChI is InChI=1S/C43H48F4N12O5/c1-53-37-31(3-2-4-32(37)59(42(53)63)33-9-10-35(60)51-41(33)62)55-17-23(18-55)29-11-13-54(22-43(29,46)47)24-5-7-25(8-6-24)58-20-30(36(52-58)38(44)45)49-40(61)28-16-48-57-14-12-34(50-39(28)57)56-19-27-15-26(56)21-64-27/h2-4,12,14,16,20,23-27,29,33,38H,5-11,13,15,17-19,21-22H2,1H3,(H,49,61)(H,51,60,62)/t24-,25-,26-,27-,29?,33?/m1/s1. The van der Waals surface area contributed by atoms with Crippen LogP contribution in [0.3, 0.4) is 0 Å². The molecule has 21 heteroatoms. The summed E-state index contributed by atoms with van der Waals surface area (Å²) in [5.74, 6) is -4.83. The van der Waals surface area contributed by atoms with Gasteiger partial charge in [-0.25, -0.2) is 31.9 Å². The Morgan fingerprint density at radius 3 is 2.52 bits per heavy atom. The summed E-state index contributed by atoms with van der Waals surface area (Å²) < 4.78 is 72.5. The number of para-hydroxylation sites is 1. The van der Waals surface area contributed by atoms with E-state index in [0.717, 1.165) is 12.1 Å². The second-order valence-corrected chi connectivity index (χ2v) is 18.3. The number of hydrogen-bond acceptors (Lipinski definition) is 11. The molecule has 6 fully saturated rings. The van der Waals surface area contributed by atoms with Crippen LogP contribution in [-0.4, -0.2) is 120 Å². The number of aryl methyl sites for hydroxylation is 1. The molecule has 2 N–H and O–H groups in total. The first-order chi connectivity index (χ1) is 30.8. The van der Waals surface area contributed by atoms with Crippen LogP contribution in [0.5, 0.6) is 0 Å². The molecule has 4 aromatic heterocycles. The van der Waals surface area contributed by atoms with Gasteiger partial charge in [0.25, 0.3) is 18.3 Å². The van der Waals surface area contributed by atoms with Crippen molar-refractivity contribution >= 4 is 51.6 Å². The van der Waals surface area contributed by atoms with Gasteiger partial charge in [-0.15, -0.1) is 0 Å². The normalized spacial score (nSPS) is 27.5. The second kappa shape index (κ2) is 15.4. The third-order valence-electron chi connectivity index (χ3n) is 14.7. The largest absolute Gasteiger partial charge is 0.374 e. The molecule has 4 atom stereocenters. The first-order valence-corrected chi connectivity index (χ1v) is 22.1. The number of carbonyl (C=O) groups is 3. The van der Waals surface area contributed by atoms with Gasteiger partial charge in [-0.05, 0) is 69.7 Å². The van der Waals surface area contributed by atoms with Crippen molar-refractivity contribution in [2.75, 3.05) is 54.4 Å². The molecular formula is C43H48F4N12O5. The number of anilines is 3. The van der Waals surface area contributed by atoms with Crippen LogP contribution >= 0.6 is 0 Å². The zero-order valence-corrected chi connectivity index (χ0v) is 35.1. The van der Waals surface area contributed by atoms with Crippen LogP contribution < -0.4 is 26.1 Å². The van der Waals surface area contributed by atoms with Gasteiger partial charge >= 0.3 is 5.69 Å². The number of halogens is 4. The van der Waals surface area contributed by atoms with Crippen molar-refractivity contribution in [2.24, 2.45) is 18.9 Å². The number of benzene rings is 1. The first kappa shape index (κ1) is 40.9. The van der Waals surface area contributed by atoms with E-state index in [9.17, 15) is 28.0 Å². The van der Waals surface area contributed by atoms with Crippen LogP contribution in [-0.2, 0) is 21.4 Å². The third kappa shape index (κ3) is 6.83. The van der Waals surface area contributed by atoms with Crippen LogP contribution in [0, 0.1) is 11.8 Å². The van der Waals surface area contributed by atoms with Gasteiger partial charge in [-0.2, -0.15) is 10.2 Å². The number of aromatic nitrogens is 7. The summed E-state index contributed by atoms with van der Waals surface area (Å²) in [6.07, 6.45) is 5.59. The molecule has 2 bridgehead atoms. The molecule has 2 unspecified atom stereocenters. The second-order valence-electron chi connectivity index (χ2n) is 18.3. The van der Waals surface area contributed by atoms with Crippen molar-refractivity contribution in [1.82, 2.24) is 43.7 Å². The van der Waals surface area contributed by atoms with E-state index in [1.165, 1.54) is 30.7 Å². The number of piperidine rings is 2. The van der Waals surface area contributed by atoms with Gasteiger partial charge in [0.1, 0.15) is 17.4 Å². The number of rotatable bonds is 9. The number of imide groups is 1. The smallest absolute Gasteiger partial charge is 0.329 e. The SMILES string of the molecule is Cn1c(=O)n(C2CCC(=O)NC2=O)c2cccc(N3CC(C4CCN([C@H]5CC[C@H](n6cc(NC(=O)c7cnn8ccc(N9C[C@H]%10C[C@@H]9CO%10)nc78)c(C(F)F)n6)CC5)CC4(F)F)C3)c21. The molecule has 5 saturated heterocycles. The topological polar surface area (TPSA) is 169 Å². The monoisotopic (exact) mass is 888 g/mol. The van der Waals surface area contributed by atoms with Crippen molar-refractivity contribution in [3.63, 3.8) is 0 Å². The molecule has 5 aromatic rings. The number of nitrogens with one attached hydrogen (secondary N) is 2. The minimum absolute atomic E-state index is 0.0890. The molecule has 11 rings (SSSR count). The van der Waals surface area contributed by atoms with Crippen LogP contribution in [0.15, 0.2) is 47.7 Å². The first-order valence-electron chi connectivity index (χ1n) is 22.1. The van der Waals surface area contributed by atoms with E-state index in [1.807, 2.05) is 21.9 Å². The molecule has 17 nitrogen and oxygen atoms in total. The Bertz CT molecular complexity index is 2740. The molecule has 3 amide bonds. The van der Waals surface area contributed by atoms with E-state index in [2.05, 4.69) is 25.7 Å². The molecule has 1 aromatic carbocycles. The minimum atomic E-state index is -2.95. The molecule has 64 heavy (non-hydrogen) atoms. The van der Waals surface area contributed by atoms with E-state index in [4.69, 9.17) is 9.72 Å². The van der Waals surface area contributed by atoms with Crippen LogP contribution in [0.4, 0.5) is 34.8 Å². The number of alkyl halides is 4. The van der Waals surface area contributed by atoms with E-state index in [1.54, 1.807) is 25.4 Å². The summed E-state index contributed by atoms with van der Waals surface area (Å²) in [6, 6.07) is 6.30. The zero-order valence-electron chi connectivity index (χ0n) is 35.1. The highest BCUT2D eigenvalue weighted by Gasteiger charge is 2.52. The number of nitrogens with zero attached hydrogens (tertiary/aromatic N) is 10. The summed E-state index contributed by atoms with van der Waals surface area (Å²) in [5, 5.41) is 13.4. The zero-order chi connectivity index (χ0) is 44.2. The van der Waals surface area contributed by atoms with Crippen LogP contribution in [0.1, 0.15) is 85.9 Å². The van der Waals surface area contributed by atoms with Gasteiger partial charge in [0, 0.05) is 63.4 Å². The average molecular weight is 889 g/mol. The van der Waals surface area contributed by atoms with Gasteiger partial charge < -0.3 is 19.9 Å². The molecule has 0 radical (unpaired) electrons. The van der Waals surface area contributed by atoms with Crippen LogP contribution in [0.2, 0.25) is 0 Å². The van der Waals surface area contributed by atoms with Crippen molar-refractivity contribution < 1.29 is 36.7 Å². The number of carbonyl (C=O) groups excluding carboxylic acids is 3. The summed E-state index contributed by atoms with van der Waals surface area (Å²) >= 11 is 0. The molecule has 1 saturated carbocycles. The van der Waals surface area contributed by atoms with E-state index >= 15 is 8.78 Å². The number of ether oxygens (including phenoxy) is 1. The lowest BCUT2D eigenvalue weighted by molar-refractivity contribution is -0.142. The number of amides is 3. The molecule has 1 aliphatic carbocycles.